The van der Waals surface area contributed by atoms with Gasteiger partial charge in [0, 0.05) is 18.8 Å². The predicted molar refractivity (Wildman–Crippen MR) is 122 cm³/mol. The third-order valence-corrected chi connectivity index (χ3v) is 5.74. The van der Waals surface area contributed by atoms with Crippen LogP contribution in [-0.2, 0) is 16.0 Å². The summed E-state index contributed by atoms with van der Waals surface area (Å²) in [6.45, 7) is 3.68. The van der Waals surface area contributed by atoms with Crippen molar-refractivity contribution in [3.63, 3.8) is 0 Å². The zero-order valence-corrected chi connectivity index (χ0v) is 18.8. The van der Waals surface area contributed by atoms with Gasteiger partial charge in [0.2, 0.25) is 0 Å². The van der Waals surface area contributed by atoms with Crippen molar-refractivity contribution < 1.29 is 24.9 Å². The zero-order valence-electron chi connectivity index (χ0n) is 18.8. The molecule has 1 unspecified atom stereocenters. The predicted octanol–water partition coefficient (Wildman–Crippen LogP) is 3.96. The Morgan fingerprint density at radius 1 is 1.16 bits per heavy atom. The summed E-state index contributed by atoms with van der Waals surface area (Å²) in [6.07, 6.45) is 10.2. The molecule has 0 amide bonds. The van der Waals surface area contributed by atoms with Crippen molar-refractivity contribution >= 4 is 5.97 Å². The number of aliphatic hydroxyl groups is 3. The standard InChI is InChI=1S/C26H38O5/c1-19(2)31-26(30)13-9-4-3-8-12-22-23(25(29)18-24(22)28)17-16-21(27)15-14-20-10-6-5-7-11-20/h3,5-8,10-11,16-17,19,21-25,27-29H,4,9,12-15,18H2,1-2H3/t21-,22-,23?,24+,25-/m1/s1. The Kier molecular flexibility index (Phi) is 11.0. The van der Waals surface area contributed by atoms with Crippen LogP contribution in [0.25, 0.3) is 0 Å². The minimum atomic E-state index is -0.600. The maximum Gasteiger partial charge on any atom is 0.306 e. The topological polar surface area (TPSA) is 87.0 Å². The maximum atomic E-state index is 11.5. The molecule has 1 aromatic rings. The molecule has 1 aliphatic carbocycles. The van der Waals surface area contributed by atoms with Crippen molar-refractivity contribution in [1.82, 2.24) is 0 Å². The Morgan fingerprint density at radius 3 is 2.61 bits per heavy atom. The number of aliphatic hydroxyl groups excluding tert-OH is 3. The van der Waals surface area contributed by atoms with Crippen LogP contribution >= 0.6 is 0 Å². The lowest BCUT2D eigenvalue weighted by molar-refractivity contribution is -0.147. The van der Waals surface area contributed by atoms with Gasteiger partial charge in [0.15, 0.2) is 0 Å². The highest BCUT2D eigenvalue weighted by Gasteiger charge is 2.39. The van der Waals surface area contributed by atoms with Crippen LogP contribution in [0.2, 0.25) is 0 Å². The van der Waals surface area contributed by atoms with Gasteiger partial charge in [-0.1, -0.05) is 54.6 Å². The fraction of sp³-hybridized carbons (Fsp3) is 0.577. The highest BCUT2D eigenvalue weighted by Crippen LogP contribution is 2.36. The van der Waals surface area contributed by atoms with E-state index in [0.717, 1.165) is 19.3 Å². The van der Waals surface area contributed by atoms with Crippen LogP contribution in [0.5, 0.6) is 0 Å². The fourth-order valence-electron chi connectivity index (χ4n) is 4.08. The number of benzene rings is 1. The number of esters is 1. The van der Waals surface area contributed by atoms with Gasteiger partial charge in [0.25, 0.3) is 0 Å². The SMILES string of the molecule is CC(C)OC(=O)CCCC=CC[C@@H]1C(C=C[C@H](O)CCc2ccccc2)[C@H](O)C[C@@H]1O. The molecule has 3 N–H and O–H groups in total. The lowest BCUT2D eigenvalue weighted by Crippen LogP contribution is -2.20. The van der Waals surface area contributed by atoms with Gasteiger partial charge in [-0.05, 0) is 57.4 Å². The second kappa shape index (κ2) is 13.5. The number of rotatable bonds is 12. The molecule has 0 radical (unpaired) electrons. The zero-order chi connectivity index (χ0) is 22.6. The minimum Gasteiger partial charge on any atom is -0.463 e. The van der Waals surface area contributed by atoms with Gasteiger partial charge in [0.05, 0.1) is 24.4 Å². The van der Waals surface area contributed by atoms with E-state index < -0.39 is 18.3 Å². The molecule has 5 heteroatoms. The normalized spacial score (nSPS) is 25.0. The minimum absolute atomic E-state index is 0.0743. The van der Waals surface area contributed by atoms with Gasteiger partial charge in [-0.2, -0.15) is 0 Å². The first-order valence-corrected chi connectivity index (χ1v) is 11.5. The molecule has 0 aliphatic heterocycles. The summed E-state index contributed by atoms with van der Waals surface area (Å²) in [5.41, 5.74) is 1.19. The first-order chi connectivity index (χ1) is 14.9. The number of aryl methyl sites for hydroxylation is 1. The summed E-state index contributed by atoms with van der Waals surface area (Å²) in [6, 6.07) is 10.0. The van der Waals surface area contributed by atoms with Crippen molar-refractivity contribution in [3.8, 4) is 0 Å². The van der Waals surface area contributed by atoms with Crippen molar-refractivity contribution in [2.24, 2.45) is 11.8 Å². The average molecular weight is 431 g/mol. The molecule has 1 fully saturated rings. The van der Waals surface area contributed by atoms with E-state index in [4.69, 9.17) is 4.74 Å². The Hall–Kier alpha value is -1.95. The van der Waals surface area contributed by atoms with E-state index in [2.05, 4.69) is 0 Å². The second-order valence-electron chi connectivity index (χ2n) is 8.73. The van der Waals surface area contributed by atoms with E-state index in [9.17, 15) is 20.1 Å². The van der Waals surface area contributed by atoms with E-state index in [-0.39, 0.29) is 23.9 Å². The van der Waals surface area contributed by atoms with Crippen LogP contribution in [-0.4, -0.2) is 45.7 Å². The smallest absolute Gasteiger partial charge is 0.306 e. The van der Waals surface area contributed by atoms with Gasteiger partial charge in [-0.25, -0.2) is 0 Å². The van der Waals surface area contributed by atoms with E-state index >= 15 is 0 Å². The molecule has 0 spiro atoms. The maximum absolute atomic E-state index is 11.5. The van der Waals surface area contributed by atoms with Gasteiger partial charge < -0.3 is 20.1 Å². The number of carbonyl (C=O) groups is 1. The summed E-state index contributed by atoms with van der Waals surface area (Å²) in [5, 5.41) is 31.0. The molecule has 5 atom stereocenters. The van der Waals surface area contributed by atoms with Crippen LogP contribution in [0.15, 0.2) is 54.6 Å². The molecular weight excluding hydrogens is 392 g/mol. The molecule has 0 heterocycles. The lowest BCUT2D eigenvalue weighted by Gasteiger charge is -2.19. The molecular formula is C26H38O5. The Bertz CT molecular complexity index is 697. The highest BCUT2D eigenvalue weighted by atomic mass is 16.5. The highest BCUT2D eigenvalue weighted by molar-refractivity contribution is 5.69. The van der Waals surface area contributed by atoms with Crippen LogP contribution in [0, 0.1) is 11.8 Å². The lowest BCUT2D eigenvalue weighted by atomic mass is 9.89. The first-order valence-electron chi connectivity index (χ1n) is 11.5. The van der Waals surface area contributed by atoms with Crippen molar-refractivity contribution in [2.75, 3.05) is 0 Å². The first kappa shape index (κ1) is 25.3. The Morgan fingerprint density at radius 2 is 1.90 bits per heavy atom. The largest absolute Gasteiger partial charge is 0.463 e. The number of allylic oxidation sites excluding steroid dienone is 2. The fourth-order valence-corrected chi connectivity index (χ4v) is 4.08. The number of ether oxygens (including phenoxy) is 1. The van der Waals surface area contributed by atoms with Crippen molar-refractivity contribution in [2.45, 2.75) is 83.2 Å². The second-order valence-corrected chi connectivity index (χ2v) is 8.73. The van der Waals surface area contributed by atoms with Crippen molar-refractivity contribution in [3.05, 3.63) is 60.2 Å². The van der Waals surface area contributed by atoms with E-state index in [1.54, 1.807) is 6.08 Å². The summed E-state index contributed by atoms with van der Waals surface area (Å²) in [5.74, 6) is -0.421. The summed E-state index contributed by atoms with van der Waals surface area (Å²) in [4.78, 5) is 11.5. The molecule has 0 aromatic heterocycles. The van der Waals surface area contributed by atoms with E-state index in [1.807, 2.05) is 62.4 Å². The molecule has 31 heavy (non-hydrogen) atoms. The number of carbonyl (C=O) groups excluding carboxylic acids is 1. The van der Waals surface area contributed by atoms with Gasteiger partial charge in [-0.3, -0.25) is 4.79 Å². The number of unbranched alkanes of at least 4 members (excludes halogenated alkanes) is 1. The quantitative estimate of drug-likeness (QED) is 0.265. The van der Waals surface area contributed by atoms with Crippen LogP contribution < -0.4 is 0 Å². The molecule has 1 aliphatic rings. The third-order valence-electron chi connectivity index (χ3n) is 5.74. The Balaban J connectivity index is 1.77. The van der Waals surface area contributed by atoms with Crippen LogP contribution in [0.1, 0.15) is 57.9 Å². The van der Waals surface area contributed by atoms with Crippen LogP contribution in [0.4, 0.5) is 0 Å². The monoisotopic (exact) mass is 430 g/mol. The molecule has 0 saturated heterocycles. The van der Waals surface area contributed by atoms with Crippen molar-refractivity contribution in [1.29, 1.82) is 0 Å². The summed E-state index contributed by atoms with van der Waals surface area (Å²) >= 11 is 0. The molecule has 1 aromatic carbocycles. The van der Waals surface area contributed by atoms with E-state index in [0.29, 0.717) is 25.7 Å². The van der Waals surface area contributed by atoms with Crippen LogP contribution in [0.3, 0.4) is 0 Å². The molecule has 1 saturated carbocycles. The molecule has 0 bridgehead atoms. The third kappa shape index (κ3) is 9.38. The Labute approximate surface area is 186 Å². The summed E-state index contributed by atoms with van der Waals surface area (Å²) in [7, 11) is 0. The number of hydrogen-bond acceptors (Lipinski definition) is 5. The average Bonchev–Trinajstić information content (AvgIpc) is 3.00. The molecule has 5 nitrogen and oxygen atoms in total. The number of hydrogen-bond donors (Lipinski definition) is 3. The summed E-state index contributed by atoms with van der Waals surface area (Å²) < 4.78 is 5.11. The molecule has 2 rings (SSSR count). The van der Waals surface area contributed by atoms with Gasteiger partial charge in [0.1, 0.15) is 0 Å². The van der Waals surface area contributed by atoms with E-state index in [1.165, 1.54) is 5.56 Å². The molecule has 172 valence electrons. The van der Waals surface area contributed by atoms with Gasteiger partial charge in [-0.15, -0.1) is 0 Å². The van der Waals surface area contributed by atoms with Gasteiger partial charge >= 0.3 is 5.97 Å².